The monoisotopic (exact) mass is 244 g/mol. The van der Waals surface area contributed by atoms with Gasteiger partial charge in [-0.2, -0.15) is 0 Å². The third-order valence-corrected chi connectivity index (χ3v) is 2.68. The van der Waals surface area contributed by atoms with Gasteiger partial charge in [0.2, 0.25) is 5.82 Å². The van der Waals surface area contributed by atoms with Crippen LogP contribution in [-0.4, -0.2) is 43.9 Å². The van der Waals surface area contributed by atoms with E-state index in [4.69, 9.17) is 0 Å². The first-order valence-corrected chi connectivity index (χ1v) is 6.85. The van der Waals surface area contributed by atoms with Crippen LogP contribution in [0.15, 0.2) is 0 Å². The number of nitrogens with zero attached hydrogens (tertiary/aromatic N) is 2. The number of rotatable bonds is 6. The number of H-pyrrole nitrogens is 1. The Kier molecular flexibility index (Phi) is 5.10. The molecule has 0 aliphatic carbocycles. The average molecular weight is 244 g/mol. The molecular formula is C9H16N4O2S. The predicted molar refractivity (Wildman–Crippen MR) is 61.6 cm³/mol. The van der Waals surface area contributed by atoms with E-state index in [0.29, 0.717) is 18.1 Å². The summed E-state index contributed by atoms with van der Waals surface area (Å²) in [6.45, 7) is 2.40. The Bertz CT molecular complexity index is 377. The lowest BCUT2D eigenvalue weighted by molar-refractivity contribution is 0.0946. The molecule has 0 saturated heterocycles. The van der Waals surface area contributed by atoms with Gasteiger partial charge in [-0.1, -0.05) is 6.92 Å². The minimum atomic E-state index is -0.900. The van der Waals surface area contributed by atoms with Crippen molar-refractivity contribution in [3.8, 4) is 0 Å². The maximum Gasteiger partial charge on any atom is 0.290 e. The summed E-state index contributed by atoms with van der Waals surface area (Å²) in [7, 11) is -0.900. The molecule has 2 N–H and O–H groups in total. The molecule has 16 heavy (non-hydrogen) atoms. The molecular weight excluding hydrogens is 228 g/mol. The molecule has 0 aliphatic heterocycles. The lowest BCUT2D eigenvalue weighted by Crippen LogP contribution is -2.28. The highest BCUT2D eigenvalue weighted by Gasteiger charge is 2.11. The van der Waals surface area contributed by atoms with Gasteiger partial charge in [0, 0.05) is 35.8 Å². The highest BCUT2D eigenvalue weighted by molar-refractivity contribution is 7.84. The molecule has 1 rings (SSSR count). The van der Waals surface area contributed by atoms with Crippen molar-refractivity contribution in [1.82, 2.24) is 20.5 Å². The summed E-state index contributed by atoms with van der Waals surface area (Å²) in [5, 5.41) is 9.12. The SMILES string of the molecule is CCCc1nc(C(=O)NCCS(C)=O)n[nH]1. The van der Waals surface area contributed by atoms with E-state index in [1.54, 1.807) is 6.26 Å². The minimum Gasteiger partial charge on any atom is -0.348 e. The van der Waals surface area contributed by atoms with Crippen LogP contribution in [0, 0.1) is 0 Å². The lowest BCUT2D eigenvalue weighted by atomic mass is 10.3. The van der Waals surface area contributed by atoms with Gasteiger partial charge in [-0.25, -0.2) is 4.98 Å². The Balaban J connectivity index is 2.43. The number of amides is 1. The molecule has 1 heterocycles. The quantitative estimate of drug-likeness (QED) is 0.729. The number of hydrogen-bond acceptors (Lipinski definition) is 4. The summed E-state index contributed by atoms with van der Waals surface area (Å²) < 4.78 is 10.8. The number of carbonyl (C=O) groups is 1. The van der Waals surface area contributed by atoms with Crippen molar-refractivity contribution < 1.29 is 9.00 Å². The number of hydrogen-bond donors (Lipinski definition) is 2. The Morgan fingerprint density at radius 3 is 2.94 bits per heavy atom. The van der Waals surface area contributed by atoms with Crippen molar-refractivity contribution in [2.75, 3.05) is 18.6 Å². The Morgan fingerprint density at radius 1 is 1.56 bits per heavy atom. The van der Waals surface area contributed by atoms with E-state index in [1.807, 2.05) is 6.92 Å². The first-order valence-electron chi connectivity index (χ1n) is 5.13. The van der Waals surface area contributed by atoms with Gasteiger partial charge in [0.1, 0.15) is 5.82 Å². The van der Waals surface area contributed by atoms with Crippen LogP contribution in [0.2, 0.25) is 0 Å². The van der Waals surface area contributed by atoms with Gasteiger partial charge in [-0.15, -0.1) is 5.10 Å². The van der Waals surface area contributed by atoms with Gasteiger partial charge >= 0.3 is 0 Å². The van der Waals surface area contributed by atoms with Crippen molar-refractivity contribution in [2.45, 2.75) is 19.8 Å². The van der Waals surface area contributed by atoms with Gasteiger partial charge in [0.25, 0.3) is 5.91 Å². The number of carbonyl (C=O) groups excluding carboxylic acids is 1. The van der Waals surface area contributed by atoms with Crippen LogP contribution in [0.25, 0.3) is 0 Å². The summed E-state index contributed by atoms with van der Waals surface area (Å²) >= 11 is 0. The van der Waals surface area contributed by atoms with Crippen LogP contribution in [-0.2, 0) is 17.2 Å². The molecule has 0 spiro atoms. The second-order valence-electron chi connectivity index (χ2n) is 3.39. The van der Waals surface area contributed by atoms with Crippen LogP contribution < -0.4 is 5.32 Å². The fourth-order valence-electron chi connectivity index (χ4n) is 1.13. The molecule has 1 aromatic heterocycles. The highest BCUT2D eigenvalue weighted by atomic mass is 32.2. The molecule has 1 amide bonds. The van der Waals surface area contributed by atoms with E-state index >= 15 is 0 Å². The van der Waals surface area contributed by atoms with Crippen LogP contribution >= 0.6 is 0 Å². The molecule has 0 bridgehead atoms. The molecule has 1 aromatic rings. The maximum atomic E-state index is 11.5. The molecule has 0 saturated carbocycles. The van der Waals surface area contributed by atoms with Gasteiger partial charge in [0.15, 0.2) is 0 Å². The second kappa shape index (κ2) is 6.37. The molecule has 1 unspecified atom stereocenters. The van der Waals surface area contributed by atoms with Gasteiger partial charge < -0.3 is 5.32 Å². The third kappa shape index (κ3) is 4.09. The number of aromatic nitrogens is 3. The maximum absolute atomic E-state index is 11.5. The van der Waals surface area contributed by atoms with Crippen LogP contribution in [0.5, 0.6) is 0 Å². The summed E-state index contributed by atoms with van der Waals surface area (Å²) in [6.07, 6.45) is 3.32. The fraction of sp³-hybridized carbons (Fsp3) is 0.667. The first-order chi connectivity index (χ1) is 7.63. The normalized spacial score (nSPS) is 12.4. The van der Waals surface area contributed by atoms with E-state index in [0.717, 1.165) is 12.8 Å². The predicted octanol–water partition coefficient (Wildman–Crippen LogP) is -0.135. The third-order valence-electron chi connectivity index (χ3n) is 1.90. The second-order valence-corrected chi connectivity index (χ2v) is 4.94. The molecule has 7 heteroatoms. The number of aromatic amines is 1. The molecule has 0 aromatic carbocycles. The van der Waals surface area contributed by atoms with Crippen molar-refractivity contribution in [2.24, 2.45) is 0 Å². The lowest BCUT2D eigenvalue weighted by Gasteiger charge is -1.99. The van der Waals surface area contributed by atoms with Crippen molar-refractivity contribution in [3.63, 3.8) is 0 Å². The topological polar surface area (TPSA) is 87.7 Å². The molecule has 0 aliphatic rings. The average Bonchev–Trinajstić information content (AvgIpc) is 2.66. The van der Waals surface area contributed by atoms with Crippen LogP contribution in [0.4, 0.5) is 0 Å². The van der Waals surface area contributed by atoms with Gasteiger partial charge in [-0.3, -0.25) is 14.1 Å². The summed E-state index contributed by atoms with van der Waals surface area (Å²) in [6, 6.07) is 0. The van der Waals surface area contributed by atoms with Crippen molar-refractivity contribution >= 4 is 16.7 Å². The molecule has 0 fully saturated rings. The Hall–Kier alpha value is -1.24. The molecule has 1 atom stereocenters. The zero-order chi connectivity index (χ0) is 12.0. The van der Waals surface area contributed by atoms with E-state index in [1.165, 1.54) is 0 Å². The summed E-state index contributed by atoms with van der Waals surface area (Å²) in [4.78, 5) is 15.5. The Morgan fingerprint density at radius 2 is 2.31 bits per heavy atom. The fourth-order valence-corrected chi connectivity index (χ4v) is 1.52. The van der Waals surface area contributed by atoms with Crippen LogP contribution in [0.3, 0.4) is 0 Å². The van der Waals surface area contributed by atoms with E-state index in [-0.39, 0.29) is 11.7 Å². The van der Waals surface area contributed by atoms with E-state index < -0.39 is 10.8 Å². The minimum absolute atomic E-state index is 0.144. The number of nitrogens with one attached hydrogen (secondary N) is 2. The van der Waals surface area contributed by atoms with Crippen molar-refractivity contribution in [3.05, 3.63) is 11.6 Å². The Labute approximate surface area is 96.7 Å². The largest absolute Gasteiger partial charge is 0.348 e. The molecule has 6 nitrogen and oxygen atoms in total. The number of aryl methyl sites for hydroxylation is 1. The summed E-state index contributed by atoms with van der Waals surface area (Å²) in [5.41, 5.74) is 0. The zero-order valence-electron chi connectivity index (χ0n) is 9.45. The molecule has 90 valence electrons. The standard InChI is InChI=1S/C9H16N4O2S/c1-3-4-7-11-8(13-12-7)9(14)10-5-6-16(2)15/h3-6H2,1-2H3,(H,10,14)(H,11,12,13). The smallest absolute Gasteiger partial charge is 0.290 e. The van der Waals surface area contributed by atoms with Gasteiger partial charge in [-0.05, 0) is 6.42 Å². The van der Waals surface area contributed by atoms with Crippen LogP contribution in [0.1, 0.15) is 29.8 Å². The first kappa shape index (κ1) is 12.8. The summed E-state index contributed by atoms with van der Waals surface area (Å²) in [5.74, 6) is 0.971. The van der Waals surface area contributed by atoms with Gasteiger partial charge in [0.05, 0.1) is 0 Å². The van der Waals surface area contributed by atoms with E-state index in [2.05, 4.69) is 20.5 Å². The van der Waals surface area contributed by atoms with Crippen molar-refractivity contribution in [1.29, 1.82) is 0 Å². The highest BCUT2D eigenvalue weighted by Crippen LogP contribution is 1.96. The van der Waals surface area contributed by atoms with E-state index in [9.17, 15) is 9.00 Å². The molecule has 0 radical (unpaired) electrons. The zero-order valence-corrected chi connectivity index (χ0v) is 10.3.